The fourth-order valence-electron chi connectivity index (χ4n) is 2.35. The lowest BCUT2D eigenvalue weighted by Crippen LogP contribution is -2.52. The van der Waals surface area contributed by atoms with Crippen LogP contribution in [0.15, 0.2) is 0 Å². The van der Waals surface area contributed by atoms with Gasteiger partial charge >= 0.3 is 6.18 Å². The van der Waals surface area contributed by atoms with Crippen LogP contribution in [-0.2, 0) is 4.74 Å². The summed E-state index contributed by atoms with van der Waals surface area (Å²) in [5.74, 6) is 0. The van der Waals surface area contributed by atoms with E-state index in [0.717, 1.165) is 25.7 Å². The third-order valence-corrected chi connectivity index (χ3v) is 3.53. The second kappa shape index (κ2) is 7.45. The van der Waals surface area contributed by atoms with E-state index in [4.69, 9.17) is 4.74 Å². The molecule has 0 amide bonds. The Bertz CT molecular complexity index is 258. The Labute approximate surface area is 111 Å². The van der Waals surface area contributed by atoms with Crippen LogP contribution in [0.5, 0.6) is 0 Å². The summed E-state index contributed by atoms with van der Waals surface area (Å²) in [6.45, 7) is 2.08. The second-order valence-electron chi connectivity index (χ2n) is 5.20. The van der Waals surface area contributed by atoms with Gasteiger partial charge in [0.05, 0.1) is 12.2 Å². The van der Waals surface area contributed by atoms with Gasteiger partial charge in [0.15, 0.2) is 6.10 Å². The van der Waals surface area contributed by atoms with Crippen LogP contribution < -0.4 is 0 Å². The van der Waals surface area contributed by atoms with Crippen molar-refractivity contribution in [1.29, 1.82) is 0 Å². The van der Waals surface area contributed by atoms with E-state index in [-0.39, 0.29) is 0 Å². The van der Waals surface area contributed by atoms with Crippen LogP contribution in [0.3, 0.4) is 0 Å². The molecule has 1 saturated heterocycles. The highest BCUT2D eigenvalue weighted by Gasteiger charge is 2.48. The molecule has 19 heavy (non-hydrogen) atoms. The van der Waals surface area contributed by atoms with Gasteiger partial charge < -0.3 is 14.9 Å². The topological polar surface area (TPSA) is 49.7 Å². The van der Waals surface area contributed by atoms with Crippen molar-refractivity contribution in [3.05, 3.63) is 0 Å². The SMILES string of the molecule is CCCCCCC[C@@H]1O[C@H](C(F)(F)F)C[C@@H](O)[C@H]1O. The van der Waals surface area contributed by atoms with Crippen molar-refractivity contribution >= 4 is 0 Å². The maximum absolute atomic E-state index is 12.6. The van der Waals surface area contributed by atoms with E-state index in [1.807, 2.05) is 0 Å². The van der Waals surface area contributed by atoms with E-state index in [2.05, 4.69) is 6.92 Å². The van der Waals surface area contributed by atoms with E-state index in [1.54, 1.807) is 0 Å². The van der Waals surface area contributed by atoms with E-state index in [1.165, 1.54) is 0 Å². The molecule has 1 aliphatic heterocycles. The summed E-state index contributed by atoms with van der Waals surface area (Å²) in [7, 11) is 0. The second-order valence-corrected chi connectivity index (χ2v) is 5.20. The van der Waals surface area contributed by atoms with Crippen LogP contribution in [0.25, 0.3) is 0 Å². The summed E-state index contributed by atoms with van der Waals surface area (Å²) < 4.78 is 42.7. The molecule has 0 bridgehead atoms. The first-order valence-electron chi connectivity index (χ1n) is 6.94. The summed E-state index contributed by atoms with van der Waals surface area (Å²) in [5, 5.41) is 19.2. The molecular formula is C13H23F3O3. The molecule has 114 valence electrons. The van der Waals surface area contributed by atoms with Crippen molar-refractivity contribution in [3.8, 4) is 0 Å². The fourth-order valence-corrected chi connectivity index (χ4v) is 2.35. The first-order valence-corrected chi connectivity index (χ1v) is 6.94. The standard InChI is InChI=1S/C13H23F3O3/c1-2-3-4-5-6-7-10-12(18)9(17)8-11(19-10)13(14,15)16/h9-12,17-18H,2-8H2,1H3/t9-,10+,11+,12-/m1/s1. The normalized spacial score (nSPS) is 32.5. The van der Waals surface area contributed by atoms with Crippen LogP contribution in [0.1, 0.15) is 51.9 Å². The van der Waals surface area contributed by atoms with Gasteiger partial charge in [-0.1, -0.05) is 39.0 Å². The number of aliphatic hydroxyl groups is 2. The fraction of sp³-hybridized carbons (Fsp3) is 1.00. The number of hydrogen-bond acceptors (Lipinski definition) is 3. The van der Waals surface area contributed by atoms with Gasteiger partial charge in [0.1, 0.15) is 6.10 Å². The highest BCUT2D eigenvalue weighted by molar-refractivity contribution is 4.88. The van der Waals surface area contributed by atoms with E-state index < -0.39 is 37.0 Å². The van der Waals surface area contributed by atoms with Gasteiger partial charge in [-0.2, -0.15) is 13.2 Å². The van der Waals surface area contributed by atoms with Gasteiger partial charge in [-0.05, 0) is 6.42 Å². The molecule has 1 aliphatic rings. The van der Waals surface area contributed by atoms with Crippen molar-refractivity contribution in [3.63, 3.8) is 0 Å². The maximum atomic E-state index is 12.6. The summed E-state index contributed by atoms with van der Waals surface area (Å²) in [5.41, 5.74) is 0. The Kier molecular flexibility index (Phi) is 6.56. The van der Waals surface area contributed by atoms with Crippen LogP contribution in [0.4, 0.5) is 13.2 Å². The first-order chi connectivity index (χ1) is 8.86. The van der Waals surface area contributed by atoms with Gasteiger partial charge in [-0.15, -0.1) is 0 Å². The maximum Gasteiger partial charge on any atom is 0.414 e. The molecule has 0 aromatic carbocycles. The minimum absolute atomic E-state index is 0.356. The minimum Gasteiger partial charge on any atom is -0.390 e. The van der Waals surface area contributed by atoms with Crippen molar-refractivity contribution in [2.24, 2.45) is 0 Å². The molecular weight excluding hydrogens is 261 g/mol. The third kappa shape index (κ3) is 5.28. The van der Waals surface area contributed by atoms with Gasteiger partial charge in [0.25, 0.3) is 0 Å². The summed E-state index contributed by atoms with van der Waals surface area (Å²) in [4.78, 5) is 0. The minimum atomic E-state index is -4.48. The molecule has 0 radical (unpaired) electrons. The first kappa shape index (κ1) is 16.7. The molecule has 2 N–H and O–H groups in total. The quantitative estimate of drug-likeness (QED) is 0.737. The lowest BCUT2D eigenvalue weighted by atomic mass is 9.94. The number of ether oxygens (including phenoxy) is 1. The summed E-state index contributed by atoms with van der Waals surface area (Å²) in [6, 6.07) is 0. The highest BCUT2D eigenvalue weighted by Crippen LogP contribution is 2.33. The molecule has 0 unspecified atom stereocenters. The van der Waals surface area contributed by atoms with Gasteiger partial charge in [0, 0.05) is 6.42 Å². The molecule has 1 rings (SSSR count). The average Bonchev–Trinajstić information content (AvgIpc) is 2.32. The zero-order valence-electron chi connectivity index (χ0n) is 11.2. The Hall–Kier alpha value is -0.330. The number of hydrogen-bond donors (Lipinski definition) is 2. The van der Waals surface area contributed by atoms with E-state index in [9.17, 15) is 23.4 Å². The summed E-state index contributed by atoms with van der Waals surface area (Å²) >= 11 is 0. The third-order valence-electron chi connectivity index (χ3n) is 3.53. The lowest BCUT2D eigenvalue weighted by molar-refractivity contribution is -0.277. The summed E-state index contributed by atoms with van der Waals surface area (Å²) in [6.07, 6.45) is -5.34. The van der Waals surface area contributed by atoms with Crippen LogP contribution in [0, 0.1) is 0 Å². The molecule has 1 heterocycles. The van der Waals surface area contributed by atoms with Crippen LogP contribution in [0.2, 0.25) is 0 Å². The zero-order valence-corrected chi connectivity index (χ0v) is 11.2. The smallest absolute Gasteiger partial charge is 0.390 e. The van der Waals surface area contributed by atoms with Crippen molar-refractivity contribution in [2.75, 3.05) is 0 Å². The van der Waals surface area contributed by atoms with Gasteiger partial charge in [-0.25, -0.2) is 0 Å². The van der Waals surface area contributed by atoms with Crippen LogP contribution >= 0.6 is 0 Å². The monoisotopic (exact) mass is 284 g/mol. The number of unbranched alkanes of at least 4 members (excludes halogenated alkanes) is 4. The Morgan fingerprint density at radius 2 is 1.74 bits per heavy atom. The Morgan fingerprint density at radius 3 is 2.32 bits per heavy atom. The van der Waals surface area contributed by atoms with Crippen molar-refractivity contribution < 1.29 is 28.1 Å². The number of alkyl halides is 3. The van der Waals surface area contributed by atoms with Crippen molar-refractivity contribution in [2.45, 2.75) is 82.5 Å². The van der Waals surface area contributed by atoms with Crippen LogP contribution in [-0.4, -0.2) is 40.8 Å². The van der Waals surface area contributed by atoms with Gasteiger partial charge in [-0.3, -0.25) is 0 Å². The molecule has 0 saturated carbocycles. The highest BCUT2D eigenvalue weighted by atomic mass is 19.4. The van der Waals surface area contributed by atoms with E-state index in [0.29, 0.717) is 12.8 Å². The average molecular weight is 284 g/mol. The molecule has 4 atom stereocenters. The zero-order chi connectivity index (χ0) is 14.5. The molecule has 6 heteroatoms. The predicted octanol–water partition coefficient (Wildman–Crippen LogP) is 2.79. The molecule has 0 aromatic heterocycles. The number of halogens is 3. The molecule has 1 fully saturated rings. The lowest BCUT2D eigenvalue weighted by Gasteiger charge is -2.38. The predicted molar refractivity (Wildman–Crippen MR) is 64.7 cm³/mol. The molecule has 0 spiro atoms. The molecule has 0 aliphatic carbocycles. The molecule has 0 aromatic rings. The molecule has 3 nitrogen and oxygen atoms in total. The Morgan fingerprint density at radius 1 is 1.11 bits per heavy atom. The van der Waals surface area contributed by atoms with E-state index >= 15 is 0 Å². The number of aliphatic hydroxyl groups excluding tert-OH is 2. The largest absolute Gasteiger partial charge is 0.414 e. The van der Waals surface area contributed by atoms with Crippen molar-refractivity contribution in [1.82, 2.24) is 0 Å². The van der Waals surface area contributed by atoms with Gasteiger partial charge in [0.2, 0.25) is 0 Å². The Balaban J connectivity index is 2.41. The number of rotatable bonds is 6.